The van der Waals surface area contributed by atoms with E-state index in [0.717, 1.165) is 31.3 Å². The van der Waals surface area contributed by atoms with Gasteiger partial charge in [0.15, 0.2) is 5.79 Å². The number of hydrogen-bond acceptors (Lipinski definition) is 3. The van der Waals surface area contributed by atoms with Gasteiger partial charge in [-0.1, -0.05) is 6.42 Å². The van der Waals surface area contributed by atoms with E-state index in [1.807, 2.05) is 6.07 Å². The first-order valence-electron chi connectivity index (χ1n) is 5.11. The highest BCUT2D eigenvalue weighted by Crippen LogP contribution is 2.41. The first-order chi connectivity index (χ1) is 7.32. The SMILES string of the molecule is [C-]#[N+]/C(C#N)=C1/CCCCC12OCCO2. The van der Waals surface area contributed by atoms with Gasteiger partial charge in [-0.05, 0) is 12.8 Å². The summed E-state index contributed by atoms with van der Waals surface area (Å²) in [6.07, 6.45) is 3.54. The molecule has 4 heteroatoms. The van der Waals surface area contributed by atoms with Gasteiger partial charge in [-0.25, -0.2) is 10.1 Å². The average Bonchev–Trinajstić information content (AvgIpc) is 2.72. The Kier molecular flexibility index (Phi) is 2.73. The van der Waals surface area contributed by atoms with E-state index in [2.05, 4.69) is 4.85 Å². The lowest BCUT2D eigenvalue weighted by Gasteiger charge is -2.34. The van der Waals surface area contributed by atoms with Crippen molar-refractivity contribution in [1.82, 2.24) is 0 Å². The lowest BCUT2D eigenvalue weighted by atomic mass is 9.87. The Balaban J connectivity index is 2.40. The zero-order valence-corrected chi connectivity index (χ0v) is 8.45. The van der Waals surface area contributed by atoms with Gasteiger partial charge in [0.1, 0.15) is 0 Å². The molecular weight excluding hydrogens is 192 g/mol. The van der Waals surface area contributed by atoms with Crippen LogP contribution in [0.4, 0.5) is 0 Å². The molecule has 1 saturated heterocycles. The van der Waals surface area contributed by atoms with Crippen molar-refractivity contribution >= 4 is 0 Å². The van der Waals surface area contributed by atoms with Crippen LogP contribution in [0.15, 0.2) is 11.3 Å². The second-order valence-electron chi connectivity index (χ2n) is 3.71. The molecule has 2 rings (SSSR count). The molecule has 0 aromatic carbocycles. The highest BCUT2D eigenvalue weighted by atomic mass is 16.7. The molecule has 1 spiro atoms. The van der Waals surface area contributed by atoms with E-state index in [1.165, 1.54) is 0 Å². The minimum absolute atomic E-state index is 0.150. The standard InChI is InChI=1S/C11H12N2O2/c1-13-10(8-12)9-4-2-3-5-11(9)14-6-7-15-11/h2-7H2/b10-9-. The Labute approximate surface area is 88.9 Å². The van der Waals surface area contributed by atoms with Crippen LogP contribution in [-0.2, 0) is 9.47 Å². The van der Waals surface area contributed by atoms with Crippen LogP contribution in [0, 0.1) is 17.9 Å². The second kappa shape index (κ2) is 4.02. The summed E-state index contributed by atoms with van der Waals surface area (Å²) in [5.74, 6) is -0.742. The minimum atomic E-state index is -0.742. The lowest BCUT2D eigenvalue weighted by Crippen LogP contribution is -2.36. The fraction of sp³-hybridized carbons (Fsp3) is 0.636. The van der Waals surface area contributed by atoms with E-state index in [0.29, 0.717) is 13.2 Å². The van der Waals surface area contributed by atoms with Gasteiger partial charge in [-0.15, -0.1) is 0 Å². The largest absolute Gasteiger partial charge is 0.345 e. The van der Waals surface area contributed by atoms with Crippen molar-refractivity contribution < 1.29 is 9.47 Å². The quantitative estimate of drug-likeness (QED) is 0.448. The van der Waals surface area contributed by atoms with Crippen LogP contribution in [-0.4, -0.2) is 19.0 Å². The van der Waals surface area contributed by atoms with E-state index in [4.69, 9.17) is 21.3 Å². The predicted octanol–water partition coefficient (Wildman–Crippen LogP) is 2.00. The predicted molar refractivity (Wildman–Crippen MR) is 52.3 cm³/mol. The molecule has 15 heavy (non-hydrogen) atoms. The van der Waals surface area contributed by atoms with E-state index in [1.54, 1.807) is 0 Å². The van der Waals surface area contributed by atoms with Crippen LogP contribution >= 0.6 is 0 Å². The Morgan fingerprint density at radius 1 is 1.40 bits per heavy atom. The zero-order chi connectivity index (χ0) is 10.7. The van der Waals surface area contributed by atoms with Crippen molar-refractivity contribution in [2.24, 2.45) is 0 Å². The van der Waals surface area contributed by atoms with Gasteiger partial charge < -0.3 is 9.47 Å². The van der Waals surface area contributed by atoms with Crippen LogP contribution in [0.25, 0.3) is 4.85 Å². The second-order valence-corrected chi connectivity index (χ2v) is 3.71. The molecule has 1 saturated carbocycles. The molecule has 0 amide bonds. The molecule has 4 nitrogen and oxygen atoms in total. The Bertz CT molecular complexity index is 351. The third kappa shape index (κ3) is 1.63. The third-order valence-corrected chi connectivity index (χ3v) is 2.90. The van der Waals surface area contributed by atoms with Gasteiger partial charge >= 0.3 is 0 Å². The highest BCUT2D eigenvalue weighted by molar-refractivity contribution is 5.38. The summed E-state index contributed by atoms with van der Waals surface area (Å²) in [5, 5.41) is 8.89. The maximum Gasteiger partial charge on any atom is 0.266 e. The summed E-state index contributed by atoms with van der Waals surface area (Å²) in [6.45, 7) is 8.09. The molecule has 0 aromatic rings. The first kappa shape index (κ1) is 10.2. The van der Waals surface area contributed by atoms with Gasteiger partial charge in [-0.3, -0.25) is 0 Å². The number of allylic oxidation sites excluding steroid dienone is 1. The summed E-state index contributed by atoms with van der Waals surface area (Å²) in [5.41, 5.74) is 0.903. The van der Waals surface area contributed by atoms with Crippen molar-refractivity contribution in [3.63, 3.8) is 0 Å². The number of hydrogen-bond donors (Lipinski definition) is 0. The summed E-state index contributed by atoms with van der Waals surface area (Å²) >= 11 is 0. The van der Waals surface area contributed by atoms with Gasteiger partial charge in [0, 0.05) is 12.0 Å². The topological polar surface area (TPSA) is 46.6 Å². The molecule has 0 unspecified atom stereocenters. The number of nitriles is 1. The van der Waals surface area contributed by atoms with Gasteiger partial charge in [-0.2, -0.15) is 0 Å². The van der Waals surface area contributed by atoms with Crippen molar-refractivity contribution in [3.8, 4) is 6.07 Å². The smallest absolute Gasteiger partial charge is 0.266 e. The van der Waals surface area contributed by atoms with Crippen LogP contribution in [0.1, 0.15) is 25.7 Å². The van der Waals surface area contributed by atoms with E-state index in [9.17, 15) is 0 Å². The molecule has 2 fully saturated rings. The Hall–Kier alpha value is -1.36. The first-order valence-corrected chi connectivity index (χ1v) is 5.11. The van der Waals surface area contributed by atoms with Crippen LogP contribution in [0.3, 0.4) is 0 Å². The molecule has 0 atom stereocenters. The minimum Gasteiger partial charge on any atom is -0.345 e. The number of nitrogens with zero attached hydrogens (tertiary/aromatic N) is 2. The molecule has 0 N–H and O–H groups in total. The molecule has 78 valence electrons. The van der Waals surface area contributed by atoms with E-state index < -0.39 is 5.79 Å². The van der Waals surface area contributed by atoms with Gasteiger partial charge in [0.05, 0.1) is 25.9 Å². The Morgan fingerprint density at radius 2 is 2.13 bits per heavy atom. The molecule has 0 aromatic heterocycles. The molecule has 1 heterocycles. The summed E-state index contributed by atoms with van der Waals surface area (Å²) in [7, 11) is 0. The lowest BCUT2D eigenvalue weighted by molar-refractivity contribution is -0.140. The molecular formula is C11H12N2O2. The van der Waals surface area contributed by atoms with E-state index in [-0.39, 0.29) is 5.70 Å². The van der Waals surface area contributed by atoms with Crippen LogP contribution in [0.5, 0.6) is 0 Å². The number of ether oxygens (including phenoxy) is 2. The monoisotopic (exact) mass is 204 g/mol. The molecule has 2 aliphatic rings. The fourth-order valence-electron chi connectivity index (χ4n) is 2.23. The highest BCUT2D eigenvalue weighted by Gasteiger charge is 2.43. The van der Waals surface area contributed by atoms with Crippen LogP contribution < -0.4 is 0 Å². The fourth-order valence-corrected chi connectivity index (χ4v) is 2.23. The molecule has 0 bridgehead atoms. The third-order valence-electron chi connectivity index (χ3n) is 2.90. The average molecular weight is 204 g/mol. The maximum atomic E-state index is 8.89. The van der Waals surface area contributed by atoms with Gasteiger partial charge in [0.25, 0.3) is 5.70 Å². The summed E-state index contributed by atoms with van der Waals surface area (Å²) in [4.78, 5) is 3.26. The van der Waals surface area contributed by atoms with Crippen molar-refractivity contribution in [2.75, 3.05) is 13.2 Å². The van der Waals surface area contributed by atoms with E-state index >= 15 is 0 Å². The number of rotatable bonds is 0. The van der Waals surface area contributed by atoms with Gasteiger partial charge in [0.2, 0.25) is 0 Å². The normalized spacial score (nSPS) is 27.1. The summed E-state index contributed by atoms with van der Waals surface area (Å²) in [6, 6.07) is 1.94. The molecule has 0 radical (unpaired) electrons. The summed E-state index contributed by atoms with van der Waals surface area (Å²) < 4.78 is 11.2. The van der Waals surface area contributed by atoms with Crippen molar-refractivity contribution in [2.45, 2.75) is 31.5 Å². The zero-order valence-electron chi connectivity index (χ0n) is 8.45. The van der Waals surface area contributed by atoms with Crippen molar-refractivity contribution in [3.05, 3.63) is 22.7 Å². The molecule has 1 aliphatic heterocycles. The maximum absolute atomic E-state index is 8.89. The van der Waals surface area contributed by atoms with Crippen LogP contribution in [0.2, 0.25) is 0 Å². The van der Waals surface area contributed by atoms with Crippen molar-refractivity contribution in [1.29, 1.82) is 5.26 Å². The molecule has 1 aliphatic carbocycles. The Morgan fingerprint density at radius 3 is 2.73 bits per heavy atom.